The SMILES string of the molecule is C#Cc1cnn(C)c1.C[C@H](N)c1cc2cccc(C#Cc3cnn(C)c3)c2c(=O)n1-c1ccccc1.C[C@H](N)c1cc2cccc(Cl)c2c(=O)n1-c1ccccc1.C[C@H](NC(=O)c1c(N)nn2ccccc12)c1cc2cccc(C#Cc3cnn(C)c3)c2c(=O)n1-c1ccccc1. The third kappa shape index (κ3) is 14.5. The summed E-state index contributed by atoms with van der Waals surface area (Å²) in [5, 5.41) is 23.9. The first-order valence-corrected chi connectivity index (χ1v) is 31.1. The molecule has 0 aliphatic carbocycles. The average molecular weight is 1300 g/mol. The number of pyridine rings is 4. The number of aromatic nitrogens is 11. The fourth-order valence-electron chi connectivity index (χ4n) is 11.2. The molecule has 1 amide bonds. The molecule has 0 unspecified atom stereocenters. The van der Waals surface area contributed by atoms with E-state index in [1.807, 2.05) is 224 Å². The monoisotopic (exact) mass is 1300 g/mol. The third-order valence-corrected chi connectivity index (χ3v) is 16.0. The van der Waals surface area contributed by atoms with Gasteiger partial charge in [-0.3, -0.25) is 46.9 Å². The van der Waals surface area contributed by atoms with Crippen molar-refractivity contribution in [3.8, 4) is 53.1 Å². The van der Waals surface area contributed by atoms with E-state index >= 15 is 0 Å². The molecule has 0 saturated carbocycles. The zero-order valence-corrected chi connectivity index (χ0v) is 54.6. The summed E-state index contributed by atoms with van der Waals surface area (Å²) in [6, 6.07) is 55.2. The largest absolute Gasteiger partial charge is 0.382 e. The number of anilines is 1. The normalized spacial score (nSPS) is 11.7. The molecule has 19 nitrogen and oxygen atoms in total. The third-order valence-electron chi connectivity index (χ3n) is 15.7. The fourth-order valence-corrected chi connectivity index (χ4v) is 11.4. The molecule has 97 heavy (non-hydrogen) atoms. The lowest BCUT2D eigenvalue weighted by molar-refractivity contribution is 0.0941. The molecule has 20 heteroatoms. The van der Waals surface area contributed by atoms with Crippen molar-refractivity contribution in [3.05, 3.63) is 312 Å². The van der Waals surface area contributed by atoms with Gasteiger partial charge in [-0.2, -0.15) is 15.3 Å². The average Bonchev–Trinajstić information content (AvgIpc) is 1.55. The Morgan fingerprint density at radius 3 is 1.33 bits per heavy atom. The molecule has 0 aliphatic heterocycles. The topological polar surface area (TPSA) is 244 Å². The number of benzene rings is 6. The van der Waals surface area contributed by atoms with E-state index in [1.165, 1.54) is 0 Å². The molecule has 480 valence electrons. The van der Waals surface area contributed by atoms with Gasteiger partial charge in [0.05, 0.1) is 68.0 Å². The standard InChI is InChI=1S/C31H25N7O2.C23H20N4O.C17H15ClN2O.C6H6N2/c1-20(34-30(39)28-25-13-6-7-16-37(25)35-29(28)32)26-17-23-10-8-9-22(15-14-21-18-33-36(2)19-21)27(23)31(40)38(26)24-11-4-3-5-12-24;1-16(24)21-13-19-8-6-7-18(12-11-17-14-25-26(2)15-17)22(19)23(28)27(21)20-9-4-3-5-10-20;1-11(19)15-10-12-6-5-9-14(18)16(12)17(21)20(15)13-7-3-2-4-8-13;1-3-6-4-7-8(2)5-6/h3-13,16-20H,1-2H3,(H2,32,35)(H,34,39);3-10,13-16H,24H2,1-2H3;2-11H,19H2,1H3;1,4-5H,2H3/t20-;16-;11-;/m000./s1. The number of amides is 1. The molecule has 0 bridgehead atoms. The summed E-state index contributed by atoms with van der Waals surface area (Å²) in [5.41, 5.74) is 26.8. The fraction of sp³-hybridized carbons (Fsp3) is 0.117. The highest BCUT2D eigenvalue weighted by Crippen LogP contribution is 2.28. The minimum atomic E-state index is -0.548. The summed E-state index contributed by atoms with van der Waals surface area (Å²) in [6.45, 7) is 5.59. The number of nitrogen functional groups attached to an aromatic ring is 1. The van der Waals surface area contributed by atoms with Crippen molar-refractivity contribution in [2.75, 3.05) is 5.73 Å². The van der Waals surface area contributed by atoms with E-state index < -0.39 is 6.04 Å². The Balaban J connectivity index is 0.000000145. The number of hydrogen-bond donors (Lipinski definition) is 4. The maximum atomic E-state index is 14.2. The van der Waals surface area contributed by atoms with Crippen LogP contribution < -0.4 is 39.2 Å². The van der Waals surface area contributed by atoms with Crippen molar-refractivity contribution >= 4 is 61.2 Å². The Hall–Kier alpha value is -12.6. The second kappa shape index (κ2) is 29.2. The van der Waals surface area contributed by atoms with Crippen LogP contribution in [0.4, 0.5) is 5.82 Å². The van der Waals surface area contributed by atoms with Gasteiger partial charge in [-0.1, -0.05) is 138 Å². The Kier molecular flexibility index (Phi) is 19.8. The van der Waals surface area contributed by atoms with E-state index in [1.54, 1.807) is 75.4 Å². The van der Waals surface area contributed by atoms with Crippen LogP contribution in [0.15, 0.2) is 240 Å². The van der Waals surface area contributed by atoms with E-state index in [0.29, 0.717) is 49.2 Å². The van der Waals surface area contributed by atoms with Crippen molar-refractivity contribution < 1.29 is 4.79 Å². The van der Waals surface area contributed by atoms with E-state index in [9.17, 15) is 19.2 Å². The number of aryl methyl sites for hydroxylation is 3. The zero-order chi connectivity index (χ0) is 68.4. The van der Waals surface area contributed by atoms with Crippen molar-refractivity contribution in [3.63, 3.8) is 0 Å². The number of nitrogens with one attached hydrogen (secondary N) is 1. The molecule has 14 aromatic rings. The maximum Gasteiger partial charge on any atom is 0.264 e. The molecule has 0 aliphatic rings. The number of carbonyl (C=O) groups excluding carboxylic acids is 1. The minimum absolute atomic E-state index is 0.118. The van der Waals surface area contributed by atoms with Crippen LogP contribution in [0, 0.1) is 36.0 Å². The zero-order valence-electron chi connectivity index (χ0n) is 53.8. The van der Waals surface area contributed by atoms with E-state index in [2.05, 4.69) is 55.3 Å². The quantitative estimate of drug-likeness (QED) is 0.104. The molecular weight excluding hydrogens is 1230 g/mol. The lowest BCUT2D eigenvalue weighted by Crippen LogP contribution is -2.32. The highest BCUT2D eigenvalue weighted by Gasteiger charge is 2.24. The molecule has 6 aromatic carbocycles. The molecule has 14 rings (SSSR count). The summed E-state index contributed by atoms with van der Waals surface area (Å²) in [5.74, 6) is 14.7. The molecule has 7 N–H and O–H groups in total. The van der Waals surface area contributed by atoms with Gasteiger partial charge < -0.3 is 22.5 Å². The number of para-hydroxylation sites is 3. The van der Waals surface area contributed by atoms with Crippen molar-refractivity contribution in [1.29, 1.82) is 0 Å². The highest BCUT2D eigenvalue weighted by molar-refractivity contribution is 6.35. The summed E-state index contributed by atoms with van der Waals surface area (Å²) < 4.78 is 11.6. The van der Waals surface area contributed by atoms with Gasteiger partial charge in [-0.25, -0.2) is 4.52 Å². The van der Waals surface area contributed by atoms with Crippen LogP contribution >= 0.6 is 11.6 Å². The van der Waals surface area contributed by atoms with Gasteiger partial charge in [0.1, 0.15) is 5.56 Å². The van der Waals surface area contributed by atoms with E-state index in [-0.39, 0.29) is 46.0 Å². The van der Waals surface area contributed by atoms with E-state index in [0.717, 1.165) is 55.6 Å². The Morgan fingerprint density at radius 1 is 0.505 bits per heavy atom. The molecule has 0 fully saturated rings. The second-order valence-electron chi connectivity index (χ2n) is 22.8. The summed E-state index contributed by atoms with van der Waals surface area (Å²) in [6.07, 6.45) is 17.3. The second-order valence-corrected chi connectivity index (χ2v) is 23.2. The number of nitrogens with zero attached hydrogens (tertiary/aromatic N) is 11. The van der Waals surface area contributed by atoms with Crippen LogP contribution in [0.3, 0.4) is 0 Å². The number of rotatable bonds is 8. The smallest absolute Gasteiger partial charge is 0.264 e. The van der Waals surface area contributed by atoms with Gasteiger partial charge >= 0.3 is 0 Å². The highest BCUT2D eigenvalue weighted by atomic mass is 35.5. The Labute approximate surface area is 563 Å². The van der Waals surface area contributed by atoms with Crippen LogP contribution in [-0.2, 0) is 21.1 Å². The van der Waals surface area contributed by atoms with Crippen molar-refractivity contribution in [2.45, 2.75) is 38.9 Å². The van der Waals surface area contributed by atoms with E-state index in [4.69, 9.17) is 35.2 Å². The number of terminal acetylenes is 1. The number of carbonyl (C=O) groups is 1. The van der Waals surface area contributed by atoms with Gasteiger partial charge in [-0.15, -0.1) is 11.5 Å². The predicted octanol–water partition coefficient (Wildman–Crippen LogP) is 11.1. The lowest BCUT2D eigenvalue weighted by Gasteiger charge is -2.21. The van der Waals surface area contributed by atoms with Crippen molar-refractivity contribution in [2.24, 2.45) is 32.6 Å². The van der Waals surface area contributed by atoms with Gasteiger partial charge in [0.15, 0.2) is 5.82 Å². The van der Waals surface area contributed by atoms with Gasteiger partial charge in [0.25, 0.3) is 22.6 Å². The van der Waals surface area contributed by atoms with Gasteiger partial charge in [0, 0.05) is 103 Å². The molecular formula is C77H66ClN15O4. The number of fused-ring (bicyclic) bond motifs is 4. The van der Waals surface area contributed by atoms with Crippen molar-refractivity contribution in [1.82, 2.24) is 58.0 Å². The van der Waals surface area contributed by atoms with Crippen LogP contribution in [0.1, 0.15) is 94.2 Å². The maximum absolute atomic E-state index is 14.2. The molecule has 0 radical (unpaired) electrons. The first-order chi connectivity index (χ1) is 46.9. The Morgan fingerprint density at radius 2 is 0.907 bits per heavy atom. The summed E-state index contributed by atoms with van der Waals surface area (Å²) >= 11 is 6.21. The first kappa shape index (κ1) is 65.9. The summed E-state index contributed by atoms with van der Waals surface area (Å²) in [7, 11) is 5.50. The van der Waals surface area contributed by atoms with Crippen LogP contribution in [0.2, 0.25) is 5.02 Å². The minimum Gasteiger partial charge on any atom is -0.382 e. The first-order valence-electron chi connectivity index (χ1n) is 30.8. The van der Waals surface area contributed by atoms with Gasteiger partial charge in [-0.05, 0) is 122 Å². The Bertz CT molecular complexity index is 5610. The molecule has 0 saturated heterocycles. The number of nitrogens with two attached hydrogens (primary N) is 3. The molecule has 3 atom stereocenters. The summed E-state index contributed by atoms with van der Waals surface area (Å²) in [4.78, 5) is 54.0. The van der Waals surface area contributed by atoms with Crippen LogP contribution in [-0.4, -0.2) is 58.6 Å². The molecule has 8 aromatic heterocycles. The molecule has 0 spiro atoms. The van der Waals surface area contributed by atoms with Gasteiger partial charge in [0.2, 0.25) is 0 Å². The predicted molar refractivity (Wildman–Crippen MR) is 384 cm³/mol. The lowest BCUT2D eigenvalue weighted by atomic mass is 10.0. The molecule has 8 heterocycles. The van der Waals surface area contributed by atoms with Crippen LogP contribution in [0.25, 0.3) is 54.9 Å². The van der Waals surface area contributed by atoms with Crippen LogP contribution in [0.5, 0.6) is 0 Å². The number of hydrogen-bond acceptors (Lipinski definition) is 11. The number of halogens is 1.